The summed E-state index contributed by atoms with van der Waals surface area (Å²) < 4.78 is 0. The van der Waals surface area contributed by atoms with Crippen molar-refractivity contribution in [1.29, 1.82) is 5.26 Å². The normalized spacial score (nSPS) is 11.0. The molecule has 0 heterocycles. The first-order valence-electron chi connectivity index (χ1n) is 5.96. The number of carbonyl (C=O) groups is 2. The Kier molecular flexibility index (Phi) is 7.45. The van der Waals surface area contributed by atoms with Crippen molar-refractivity contribution in [2.75, 3.05) is 13.1 Å². The van der Waals surface area contributed by atoms with Gasteiger partial charge in [0.15, 0.2) is 0 Å². The van der Waals surface area contributed by atoms with Crippen molar-refractivity contribution >= 4 is 11.8 Å². The molecule has 0 rings (SSSR count). The van der Waals surface area contributed by atoms with Gasteiger partial charge in [0, 0.05) is 13.1 Å². The highest BCUT2D eigenvalue weighted by atomic mass is 16.2. The highest BCUT2D eigenvalue weighted by Crippen LogP contribution is 2.13. The third kappa shape index (κ3) is 10.7. The number of nitrogens with one attached hydrogen (secondary N) is 2. The minimum atomic E-state index is -0.281. The van der Waals surface area contributed by atoms with Gasteiger partial charge in [-0.15, -0.1) is 0 Å². The van der Waals surface area contributed by atoms with Crippen LogP contribution in [0.25, 0.3) is 0 Å². The second kappa shape index (κ2) is 8.29. The molecule has 0 aliphatic heterocycles. The van der Waals surface area contributed by atoms with Gasteiger partial charge in [0.2, 0.25) is 11.8 Å². The molecule has 0 aliphatic rings. The fourth-order valence-electron chi connectivity index (χ4n) is 1.05. The number of carbonyl (C=O) groups excluding carboxylic acids is 2. The van der Waals surface area contributed by atoms with Crippen LogP contribution in [0.1, 0.15) is 33.6 Å². The zero-order valence-electron chi connectivity index (χ0n) is 11.2. The fraction of sp³-hybridized carbons (Fsp3) is 0.615. The van der Waals surface area contributed by atoms with Crippen molar-refractivity contribution in [3.05, 3.63) is 12.2 Å². The van der Waals surface area contributed by atoms with Gasteiger partial charge >= 0.3 is 0 Å². The van der Waals surface area contributed by atoms with Crippen molar-refractivity contribution in [3.8, 4) is 6.07 Å². The van der Waals surface area contributed by atoms with E-state index in [4.69, 9.17) is 5.26 Å². The third-order valence-corrected chi connectivity index (χ3v) is 1.95. The van der Waals surface area contributed by atoms with Gasteiger partial charge in [-0.25, -0.2) is 0 Å². The number of allylic oxidation sites excluding steroid dienone is 1. The lowest BCUT2D eigenvalue weighted by Crippen LogP contribution is -2.28. The highest BCUT2D eigenvalue weighted by Gasteiger charge is 2.05. The third-order valence-electron chi connectivity index (χ3n) is 1.95. The van der Waals surface area contributed by atoms with Crippen LogP contribution >= 0.6 is 0 Å². The monoisotopic (exact) mass is 251 g/mol. The van der Waals surface area contributed by atoms with Crippen molar-refractivity contribution in [3.63, 3.8) is 0 Å². The van der Waals surface area contributed by atoms with E-state index in [-0.39, 0.29) is 23.7 Å². The van der Waals surface area contributed by atoms with E-state index in [1.165, 1.54) is 6.08 Å². The Balaban J connectivity index is 3.62. The Morgan fingerprint density at radius 2 is 1.83 bits per heavy atom. The molecule has 0 saturated carbocycles. The molecule has 0 atom stereocenters. The van der Waals surface area contributed by atoms with Gasteiger partial charge in [0.25, 0.3) is 0 Å². The molecule has 2 amide bonds. The average Bonchev–Trinajstić information content (AvgIpc) is 2.25. The quantitative estimate of drug-likeness (QED) is 0.548. The first-order chi connectivity index (χ1) is 8.35. The molecule has 0 bridgehead atoms. The van der Waals surface area contributed by atoms with E-state index >= 15 is 0 Å². The van der Waals surface area contributed by atoms with E-state index in [2.05, 4.69) is 10.6 Å². The molecule has 5 nitrogen and oxygen atoms in total. The van der Waals surface area contributed by atoms with E-state index < -0.39 is 0 Å². The van der Waals surface area contributed by atoms with Gasteiger partial charge in [0.05, 0.1) is 6.07 Å². The molecule has 0 aromatic heterocycles. The fourth-order valence-corrected chi connectivity index (χ4v) is 1.05. The molecule has 18 heavy (non-hydrogen) atoms. The molecule has 0 spiro atoms. The first-order valence-corrected chi connectivity index (χ1v) is 5.96. The van der Waals surface area contributed by atoms with Crippen LogP contribution in [-0.2, 0) is 9.59 Å². The van der Waals surface area contributed by atoms with E-state index in [1.807, 2.05) is 26.8 Å². The van der Waals surface area contributed by atoms with Crippen LogP contribution in [0.4, 0.5) is 0 Å². The summed E-state index contributed by atoms with van der Waals surface area (Å²) in [5.41, 5.74) is -0.0113. The van der Waals surface area contributed by atoms with Crippen molar-refractivity contribution in [1.82, 2.24) is 10.6 Å². The van der Waals surface area contributed by atoms with Crippen LogP contribution in [-0.4, -0.2) is 24.9 Å². The van der Waals surface area contributed by atoms with Gasteiger partial charge in [-0.1, -0.05) is 26.8 Å². The summed E-state index contributed by atoms with van der Waals surface area (Å²) in [7, 11) is 0. The van der Waals surface area contributed by atoms with Crippen LogP contribution in [0.5, 0.6) is 0 Å². The summed E-state index contributed by atoms with van der Waals surface area (Å²) in [6.45, 7) is 7.01. The number of nitrogens with zero attached hydrogens (tertiary/aromatic N) is 1. The lowest BCUT2D eigenvalue weighted by Gasteiger charge is -2.10. The molecule has 0 aromatic carbocycles. The van der Waals surface area contributed by atoms with Gasteiger partial charge in [-0.2, -0.15) is 5.26 Å². The summed E-state index contributed by atoms with van der Waals surface area (Å²) in [4.78, 5) is 22.3. The number of amides is 2. The highest BCUT2D eigenvalue weighted by molar-refractivity contribution is 5.87. The lowest BCUT2D eigenvalue weighted by molar-refractivity contribution is -0.120. The molecule has 100 valence electrons. The van der Waals surface area contributed by atoms with Gasteiger partial charge < -0.3 is 10.6 Å². The molecular formula is C13H21N3O2. The van der Waals surface area contributed by atoms with Crippen LogP contribution in [0, 0.1) is 16.7 Å². The van der Waals surface area contributed by atoms with E-state index in [0.29, 0.717) is 19.5 Å². The molecule has 0 fully saturated rings. The van der Waals surface area contributed by atoms with E-state index in [0.717, 1.165) is 0 Å². The van der Waals surface area contributed by atoms with Crippen molar-refractivity contribution < 1.29 is 9.59 Å². The second-order valence-electron chi connectivity index (χ2n) is 5.03. The molecule has 0 radical (unpaired) electrons. The maximum atomic E-state index is 11.4. The van der Waals surface area contributed by atoms with E-state index in [9.17, 15) is 9.59 Å². The number of rotatable bonds is 6. The summed E-state index contributed by atoms with van der Waals surface area (Å²) in [5, 5.41) is 13.6. The lowest BCUT2D eigenvalue weighted by atomic mass is 9.96. The predicted octanol–water partition coefficient (Wildman–Crippen LogP) is 1.12. The SMILES string of the molecule is CC(C)(C)/C=C/C(=O)NCCCNC(=O)CC#N. The summed E-state index contributed by atoms with van der Waals surface area (Å²) in [5.74, 6) is -0.412. The Bertz CT molecular complexity index is 348. The minimum Gasteiger partial charge on any atom is -0.355 e. The minimum absolute atomic E-state index is 0.0113. The Morgan fingerprint density at radius 3 is 2.39 bits per heavy atom. The summed E-state index contributed by atoms with van der Waals surface area (Å²) in [6, 6.07) is 1.77. The predicted molar refractivity (Wildman–Crippen MR) is 69.5 cm³/mol. The van der Waals surface area contributed by atoms with Crippen LogP contribution < -0.4 is 10.6 Å². The Labute approximate surface area is 108 Å². The van der Waals surface area contributed by atoms with Gasteiger partial charge in [0.1, 0.15) is 6.42 Å². The topological polar surface area (TPSA) is 82.0 Å². The smallest absolute Gasteiger partial charge is 0.243 e. The summed E-state index contributed by atoms with van der Waals surface area (Å²) >= 11 is 0. The Morgan fingerprint density at radius 1 is 1.22 bits per heavy atom. The largest absolute Gasteiger partial charge is 0.355 e. The van der Waals surface area contributed by atoms with Crippen molar-refractivity contribution in [2.45, 2.75) is 33.6 Å². The van der Waals surface area contributed by atoms with Crippen molar-refractivity contribution in [2.24, 2.45) is 5.41 Å². The first kappa shape index (κ1) is 16.2. The molecule has 0 saturated heterocycles. The standard InChI is InChI=1S/C13H21N3O2/c1-13(2,3)7-5-11(17)15-9-4-10-16-12(18)6-8-14/h5,7H,4,6,9-10H2,1-3H3,(H,15,17)(H,16,18)/b7-5+. The molecule has 5 heteroatoms. The Hall–Kier alpha value is -1.83. The molecule has 0 unspecified atom stereocenters. The van der Waals surface area contributed by atoms with Gasteiger partial charge in [-0.05, 0) is 17.9 Å². The molecule has 2 N–H and O–H groups in total. The number of hydrogen-bond donors (Lipinski definition) is 2. The maximum Gasteiger partial charge on any atom is 0.243 e. The zero-order chi connectivity index (χ0) is 14.0. The van der Waals surface area contributed by atoms with Gasteiger partial charge in [-0.3, -0.25) is 9.59 Å². The maximum absolute atomic E-state index is 11.4. The molecule has 0 aliphatic carbocycles. The van der Waals surface area contributed by atoms with Crippen LogP contribution in [0.15, 0.2) is 12.2 Å². The van der Waals surface area contributed by atoms with E-state index in [1.54, 1.807) is 6.07 Å². The average molecular weight is 251 g/mol. The molecule has 0 aromatic rings. The molecular weight excluding hydrogens is 230 g/mol. The number of hydrogen-bond acceptors (Lipinski definition) is 3. The van der Waals surface area contributed by atoms with Crippen LogP contribution in [0.3, 0.4) is 0 Å². The summed E-state index contributed by atoms with van der Waals surface area (Å²) in [6.07, 6.45) is 3.89. The zero-order valence-corrected chi connectivity index (χ0v) is 11.2. The second-order valence-corrected chi connectivity index (χ2v) is 5.03. The van der Waals surface area contributed by atoms with Crippen LogP contribution in [0.2, 0.25) is 0 Å². The number of nitriles is 1.